The summed E-state index contributed by atoms with van der Waals surface area (Å²) in [4.78, 5) is 14.6. The van der Waals surface area contributed by atoms with E-state index in [-0.39, 0.29) is 5.56 Å². The summed E-state index contributed by atoms with van der Waals surface area (Å²) in [6.45, 7) is 0. The lowest BCUT2D eigenvalue weighted by Gasteiger charge is -2.00. The van der Waals surface area contributed by atoms with Gasteiger partial charge in [0.25, 0.3) is 0 Å². The van der Waals surface area contributed by atoms with Crippen molar-refractivity contribution in [3.8, 4) is 0 Å². The van der Waals surface area contributed by atoms with Gasteiger partial charge in [-0.05, 0) is 18.2 Å². The number of benzene rings is 1. The van der Waals surface area contributed by atoms with Gasteiger partial charge in [0.05, 0.1) is 17.3 Å². The summed E-state index contributed by atoms with van der Waals surface area (Å²) in [6.07, 6.45) is 1.06. The van der Waals surface area contributed by atoms with Crippen LogP contribution in [-0.2, 0) is 0 Å². The van der Waals surface area contributed by atoms with Crippen LogP contribution in [0.4, 0.5) is 4.39 Å². The van der Waals surface area contributed by atoms with Crippen LogP contribution in [0.2, 0.25) is 0 Å². The number of hydrogen-bond donors (Lipinski definition) is 1. The predicted octanol–water partition coefficient (Wildman–Crippen LogP) is 2.07. The van der Waals surface area contributed by atoms with E-state index in [0.29, 0.717) is 10.9 Å². The molecular weight excluding hydrogens is 185 g/mol. The lowest BCUT2D eigenvalue weighted by atomic mass is 10.1. The Morgan fingerprint density at radius 2 is 2.21 bits per heavy atom. The summed E-state index contributed by atoms with van der Waals surface area (Å²) in [6, 6.07) is 5.81. The molecule has 0 fully saturated rings. The van der Waals surface area contributed by atoms with E-state index in [9.17, 15) is 9.18 Å². The molecule has 0 bridgehead atoms. The van der Waals surface area contributed by atoms with E-state index in [0.717, 1.165) is 6.20 Å². The first-order valence-corrected chi connectivity index (χ1v) is 3.96. The van der Waals surface area contributed by atoms with Crippen LogP contribution in [0.1, 0.15) is 10.4 Å². The number of nitrogens with zero attached hydrogens (tertiary/aromatic N) is 1. The van der Waals surface area contributed by atoms with E-state index in [1.54, 1.807) is 12.1 Å². The minimum atomic E-state index is -1.08. The Balaban J connectivity index is 2.84. The Labute approximate surface area is 78.8 Å². The fourth-order valence-corrected chi connectivity index (χ4v) is 1.31. The van der Waals surface area contributed by atoms with Crippen molar-refractivity contribution >= 4 is 16.9 Å². The minimum Gasteiger partial charge on any atom is -0.478 e. The van der Waals surface area contributed by atoms with Crippen LogP contribution >= 0.6 is 0 Å². The van der Waals surface area contributed by atoms with E-state index in [1.165, 1.54) is 12.1 Å². The molecule has 0 atom stereocenters. The third-order valence-corrected chi connectivity index (χ3v) is 1.92. The quantitative estimate of drug-likeness (QED) is 0.750. The fourth-order valence-electron chi connectivity index (χ4n) is 1.31. The van der Waals surface area contributed by atoms with Crippen molar-refractivity contribution in [1.82, 2.24) is 4.98 Å². The first-order valence-electron chi connectivity index (χ1n) is 3.96. The molecule has 3 nitrogen and oxygen atoms in total. The topological polar surface area (TPSA) is 50.2 Å². The molecule has 0 amide bonds. The van der Waals surface area contributed by atoms with Crippen molar-refractivity contribution in [1.29, 1.82) is 0 Å². The lowest BCUT2D eigenvalue weighted by molar-refractivity contribution is 0.0699. The van der Waals surface area contributed by atoms with Crippen molar-refractivity contribution in [2.45, 2.75) is 0 Å². The number of aromatic carboxylic acids is 1. The second-order valence-corrected chi connectivity index (χ2v) is 2.83. The maximum absolute atomic E-state index is 12.8. The monoisotopic (exact) mass is 191 g/mol. The third kappa shape index (κ3) is 1.31. The molecule has 2 rings (SSSR count). The highest BCUT2D eigenvalue weighted by Gasteiger charge is 2.08. The van der Waals surface area contributed by atoms with Crippen LogP contribution in [0.15, 0.2) is 30.5 Å². The average Bonchev–Trinajstić information content (AvgIpc) is 2.16. The zero-order valence-electron chi connectivity index (χ0n) is 7.07. The van der Waals surface area contributed by atoms with Gasteiger partial charge >= 0.3 is 5.97 Å². The Morgan fingerprint density at radius 3 is 2.93 bits per heavy atom. The summed E-state index contributed by atoms with van der Waals surface area (Å²) in [5.41, 5.74) is 0.542. The molecule has 70 valence electrons. The molecule has 4 heteroatoms. The van der Waals surface area contributed by atoms with Gasteiger partial charge in [0.15, 0.2) is 0 Å². The number of rotatable bonds is 1. The van der Waals surface area contributed by atoms with Crippen LogP contribution in [-0.4, -0.2) is 16.1 Å². The molecule has 0 spiro atoms. The average molecular weight is 191 g/mol. The Kier molecular flexibility index (Phi) is 1.89. The van der Waals surface area contributed by atoms with Crippen LogP contribution in [0.3, 0.4) is 0 Å². The van der Waals surface area contributed by atoms with Crippen LogP contribution in [0, 0.1) is 5.82 Å². The van der Waals surface area contributed by atoms with E-state index in [4.69, 9.17) is 5.11 Å². The largest absolute Gasteiger partial charge is 0.478 e. The first-order chi connectivity index (χ1) is 6.68. The Bertz CT molecular complexity index is 510. The number of pyridine rings is 1. The molecule has 0 aliphatic rings. The van der Waals surface area contributed by atoms with E-state index in [1.807, 2.05) is 0 Å². The molecular formula is C10H6FNO2. The standard InChI is InChI=1S/C10H6FNO2/c11-6-4-8-7(10(13)14)2-1-3-9(8)12-5-6/h1-5H,(H,13,14). The van der Waals surface area contributed by atoms with Crippen molar-refractivity contribution in [3.63, 3.8) is 0 Å². The summed E-state index contributed by atoms with van der Waals surface area (Å²) in [7, 11) is 0. The Morgan fingerprint density at radius 1 is 1.43 bits per heavy atom. The summed E-state index contributed by atoms with van der Waals surface area (Å²) in [5.74, 6) is -1.62. The maximum Gasteiger partial charge on any atom is 0.336 e. The van der Waals surface area contributed by atoms with Gasteiger partial charge in [0.1, 0.15) is 5.82 Å². The number of carbonyl (C=O) groups is 1. The number of aromatic nitrogens is 1. The number of halogens is 1. The van der Waals surface area contributed by atoms with E-state index >= 15 is 0 Å². The highest BCUT2D eigenvalue weighted by atomic mass is 19.1. The second-order valence-electron chi connectivity index (χ2n) is 2.83. The van der Waals surface area contributed by atoms with Gasteiger partial charge in [-0.3, -0.25) is 4.98 Å². The van der Waals surface area contributed by atoms with Crippen LogP contribution in [0.25, 0.3) is 10.9 Å². The highest BCUT2D eigenvalue weighted by molar-refractivity contribution is 6.02. The number of carboxylic acids is 1. The van der Waals surface area contributed by atoms with Gasteiger partial charge in [-0.25, -0.2) is 9.18 Å². The number of fused-ring (bicyclic) bond motifs is 1. The lowest BCUT2D eigenvalue weighted by Crippen LogP contribution is -1.98. The van der Waals surface area contributed by atoms with Gasteiger partial charge in [0.2, 0.25) is 0 Å². The fraction of sp³-hybridized carbons (Fsp3) is 0. The molecule has 1 heterocycles. The molecule has 1 aromatic carbocycles. The van der Waals surface area contributed by atoms with E-state index in [2.05, 4.69) is 4.98 Å². The zero-order valence-corrected chi connectivity index (χ0v) is 7.07. The maximum atomic E-state index is 12.8. The Hall–Kier alpha value is -1.97. The second kappa shape index (κ2) is 3.06. The molecule has 2 aromatic rings. The number of carboxylic acid groups (broad SMARTS) is 1. The molecule has 14 heavy (non-hydrogen) atoms. The molecule has 1 aromatic heterocycles. The van der Waals surface area contributed by atoms with Crippen molar-refractivity contribution in [2.75, 3.05) is 0 Å². The number of hydrogen-bond acceptors (Lipinski definition) is 2. The zero-order chi connectivity index (χ0) is 10.1. The first kappa shape index (κ1) is 8.62. The summed E-state index contributed by atoms with van der Waals surface area (Å²) in [5, 5.41) is 9.14. The SMILES string of the molecule is O=C(O)c1cccc2ncc(F)cc12. The van der Waals surface area contributed by atoms with Crippen molar-refractivity contribution < 1.29 is 14.3 Å². The van der Waals surface area contributed by atoms with Gasteiger partial charge in [-0.15, -0.1) is 0 Å². The van der Waals surface area contributed by atoms with Crippen LogP contribution < -0.4 is 0 Å². The third-order valence-electron chi connectivity index (χ3n) is 1.92. The predicted molar refractivity (Wildman–Crippen MR) is 48.7 cm³/mol. The normalized spacial score (nSPS) is 10.4. The van der Waals surface area contributed by atoms with Crippen molar-refractivity contribution in [2.24, 2.45) is 0 Å². The van der Waals surface area contributed by atoms with Gasteiger partial charge in [-0.2, -0.15) is 0 Å². The molecule has 0 aliphatic heterocycles. The van der Waals surface area contributed by atoms with Gasteiger partial charge in [0, 0.05) is 5.39 Å². The minimum absolute atomic E-state index is 0.0644. The van der Waals surface area contributed by atoms with Crippen molar-refractivity contribution in [3.05, 3.63) is 41.8 Å². The molecule has 0 aliphatic carbocycles. The van der Waals surface area contributed by atoms with Crippen LogP contribution in [0.5, 0.6) is 0 Å². The molecule has 0 radical (unpaired) electrons. The molecule has 0 saturated carbocycles. The van der Waals surface area contributed by atoms with Gasteiger partial charge < -0.3 is 5.11 Å². The molecule has 1 N–H and O–H groups in total. The smallest absolute Gasteiger partial charge is 0.336 e. The molecule has 0 unspecified atom stereocenters. The highest BCUT2D eigenvalue weighted by Crippen LogP contribution is 2.17. The summed E-state index contributed by atoms with van der Waals surface area (Å²) < 4.78 is 12.8. The van der Waals surface area contributed by atoms with Gasteiger partial charge in [-0.1, -0.05) is 6.07 Å². The van der Waals surface area contributed by atoms with E-state index < -0.39 is 11.8 Å². The summed E-state index contributed by atoms with van der Waals surface area (Å²) >= 11 is 0. The molecule has 0 saturated heterocycles.